The predicted molar refractivity (Wildman–Crippen MR) is 279 cm³/mol. The van der Waals surface area contributed by atoms with Gasteiger partial charge in [-0.1, -0.05) is 170 Å². The van der Waals surface area contributed by atoms with E-state index >= 15 is 0 Å². The fourth-order valence-electron chi connectivity index (χ4n) is 6.89. The van der Waals surface area contributed by atoms with Crippen molar-refractivity contribution in [1.82, 2.24) is 5.32 Å². The van der Waals surface area contributed by atoms with E-state index in [1.165, 1.54) is 27.8 Å². The topological polar surface area (TPSA) is 36.8 Å². The molecule has 0 radical (unpaired) electrons. The quantitative estimate of drug-likeness (QED) is 0.0893. The summed E-state index contributed by atoms with van der Waals surface area (Å²) in [6, 6.07) is 6.87. The molecule has 3 heteroatoms. The van der Waals surface area contributed by atoms with Crippen molar-refractivity contribution in [3.8, 4) is 12.3 Å². The van der Waals surface area contributed by atoms with E-state index in [0.29, 0.717) is 0 Å². The van der Waals surface area contributed by atoms with E-state index in [9.17, 15) is 0 Å². The summed E-state index contributed by atoms with van der Waals surface area (Å²) in [5.74, 6) is 2.54. The Morgan fingerprint density at radius 2 is 1.52 bits per heavy atom. The molecule has 0 heterocycles. The van der Waals surface area contributed by atoms with Crippen molar-refractivity contribution in [3.05, 3.63) is 256 Å². The van der Waals surface area contributed by atoms with Crippen LogP contribution in [-0.4, -0.2) is 18.0 Å². The molecule has 4 rings (SSSR count). The minimum Gasteiger partial charge on any atom is -0.385 e. The highest BCUT2D eigenvalue weighted by molar-refractivity contribution is 5.99. The molecule has 2 unspecified atom stereocenters. The molecule has 3 nitrogen and oxygen atoms in total. The fourth-order valence-corrected chi connectivity index (χ4v) is 6.89. The number of terminal acetylenes is 1. The molecule has 320 valence electrons. The van der Waals surface area contributed by atoms with Crippen molar-refractivity contribution >= 4 is 18.0 Å². The van der Waals surface area contributed by atoms with Crippen LogP contribution in [0, 0.1) is 12.3 Å². The van der Waals surface area contributed by atoms with Crippen LogP contribution in [0.15, 0.2) is 250 Å². The lowest BCUT2D eigenvalue weighted by atomic mass is 9.79. The standard InChI is InChI=1S/C60H65N3/c1-10-12-30-47(3)49(5)51(7)61-42-27-16-14-19-32-53-34-23-24-36-55(44-53)46-63-60(9,59-41-29-38-56-37-21-18-22-40-58(56)59)57-39-26-25-35-54(45-57)33-20-15-17-28-43-62-52(8)50(6)48(4)31-13-11-2/h2,10,12-23,26-36,38-46,51,61H,1,24-25,37H2,3-9H3/b16-14+,17-15+,30-12-,31-13-,32-19+,33-20+,42-27-,43-28-,49-47+,50-48+,62-52+,63-46+. The minimum atomic E-state index is -0.676. The van der Waals surface area contributed by atoms with Crippen molar-refractivity contribution in [2.24, 2.45) is 9.98 Å². The third-order valence-corrected chi connectivity index (χ3v) is 11.2. The Kier molecular flexibility index (Phi) is 20.3. The second-order valence-corrected chi connectivity index (χ2v) is 15.7. The van der Waals surface area contributed by atoms with Gasteiger partial charge in [-0.25, -0.2) is 0 Å². The van der Waals surface area contributed by atoms with E-state index in [-0.39, 0.29) is 6.04 Å². The molecular weight excluding hydrogens is 763 g/mol. The van der Waals surface area contributed by atoms with E-state index < -0.39 is 5.54 Å². The van der Waals surface area contributed by atoms with Crippen LogP contribution in [0.25, 0.3) is 6.08 Å². The van der Waals surface area contributed by atoms with E-state index in [0.717, 1.165) is 58.4 Å². The molecule has 1 aromatic carbocycles. The van der Waals surface area contributed by atoms with Gasteiger partial charge in [-0.05, 0) is 160 Å². The first-order valence-corrected chi connectivity index (χ1v) is 21.8. The Morgan fingerprint density at radius 1 is 0.794 bits per heavy atom. The van der Waals surface area contributed by atoms with Crippen LogP contribution < -0.4 is 5.32 Å². The molecule has 1 aromatic rings. The number of rotatable bonds is 18. The first kappa shape index (κ1) is 48.6. The second kappa shape index (κ2) is 26.3. The second-order valence-electron chi connectivity index (χ2n) is 15.7. The van der Waals surface area contributed by atoms with E-state index in [1.54, 1.807) is 12.2 Å². The molecular formula is C60H65N3. The maximum Gasteiger partial charge on any atom is 0.108 e. The summed E-state index contributed by atoms with van der Waals surface area (Å²) >= 11 is 0. The minimum absolute atomic E-state index is 0.230. The highest BCUT2D eigenvalue weighted by atomic mass is 14.9. The Hall–Kier alpha value is -7.02. The van der Waals surface area contributed by atoms with E-state index in [4.69, 9.17) is 11.4 Å². The van der Waals surface area contributed by atoms with E-state index in [2.05, 4.69) is 191 Å². The van der Waals surface area contributed by atoms with E-state index in [1.807, 2.05) is 68.8 Å². The molecule has 0 saturated heterocycles. The Bertz CT molecular complexity index is 2480. The Labute approximate surface area is 379 Å². The van der Waals surface area contributed by atoms with Gasteiger partial charge < -0.3 is 5.32 Å². The first-order valence-electron chi connectivity index (χ1n) is 21.8. The van der Waals surface area contributed by atoms with Gasteiger partial charge in [0.1, 0.15) is 5.54 Å². The van der Waals surface area contributed by atoms with Gasteiger partial charge in [0.15, 0.2) is 0 Å². The Balaban J connectivity index is 1.57. The molecule has 3 aliphatic carbocycles. The lowest BCUT2D eigenvalue weighted by molar-refractivity contribution is 0.606. The van der Waals surface area contributed by atoms with Gasteiger partial charge in [-0.15, -0.1) is 6.42 Å². The van der Waals surface area contributed by atoms with Crippen LogP contribution in [0.2, 0.25) is 0 Å². The van der Waals surface area contributed by atoms with Crippen LogP contribution in [0.4, 0.5) is 0 Å². The molecule has 0 saturated carbocycles. The molecule has 0 fully saturated rings. The molecule has 3 aliphatic rings. The third-order valence-electron chi connectivity index (χ3n) is 11.2. The number of nitrogens with zero attached hydrogens (tertiary/aromatic N) is 2. The van der Waals surface area contributed by atoms with Crippen molar-refractivity contribution in [1.29, 1.82) is 0 Å². The SMILES string of the molecule is C#C\C=C/C(C)=C(C)/C(C)=N/C=C\C=C\C=C\C1=CCC=CC(C(C)(/N=C/C2=CCC=CC(/C=C/C=C/C=C\NC(C)/C(C)=C(C)/C=C\C=C)=C2)c2cccc3c2C=CC=CC3)=C1. The number of allylic oxidation sites excluding steroid dienone is 31. The summed E-state index contributed by atoms with van der Waals surface area (Å²) in [5, 5.41) is 3.46. The average Bonchev–Trinajstić information content (AvgIpc) is 3.80. The Morgan fingerprint density at radius 3 is 2.30 bits per heavy atom. The molecule has 0 aliphatic heterocycles. The van der Waals surface area contributed by atoms with Gasteiger partial charge >= 0.3 is 0 Å². The molecule has 63 heavy (non-hydrogen) atoms. The van der Waals surface area contributed by atoms with Gasteiger partial charge in [0.25, 0.3) is 0 Å². The van der Waals surface area contributed by atoms with Crippen LogP contribution in [-0.2, 0) is 12.0 Å². The average molecular weight is 828 g/mol. The zero-order chi connectivity index (χ0) is 45.3. The van der Waals surface area contributed by atoms with Crippen molar-refractivity contribution < 1.29 is 0 Å². The number of fused-ring (bicyclic) bond motifs is 1. The number of aliphatic imine (C=N–C) groups is 2. The van der Waals surface area contributed by atoms with Crippen LogP contribution in [0.1, 0.15) is 78.0 Å². The molecule has 0 bridgehead atoms. The van der Waals surface area contributed by atoms with Crippen molar-refractivity contribution in [3.63, 3.8) is 0 Å². The van der Waals surface area contributed by atoms with Crippen LogP contribution in [0.5, 0.6) is 0 Å². The van der Waals surface area contributed by atoms with Crippen LogP contribution >= 0.6 is 0 Å². The van der Waals surface area contributed by atoms with Crippen molar-refractivity contribution in [2.45, 2.75) is 79.3 Å². The third kappa shape index (κ3) is 15.8. The number of hydrogen-bond acceptors (Lipinski definition) is 3. The maximum atomic E-state index is 5.52. The predicted octanol–water partition coefficient (Wildman–Crippen LogP) is 15.0. The summed E-state index contributed by atoms with van der Waals surface area (Å²) in [6.07, 6.45) is 70.4. The van der Waals surface area contributed by atoms with Gasteiger partial charge in [0.2, 0.25) is 0 Å². The number of nitrogens with one attached hydrogen (secondary N) is 1. The molecule has 2 atom stereocenters. The zero-order valence-corrected chi connectivity index (χ0v) is 38.4. The van der Waals surface area contributed by atoms with Crippen molar-refractivity contribution in [2.75, 3.05) is 0 Å². The molecule has 0 amide bonds. The summed E-state index contributed by atoms with van der Waals surface area (Å²) in [4.78, 5) is 10.1. The van der Waals surface area contributed by atoms with Gasteiger partial charge in [-0.2, -0.15) is 0 Å². The summed E-state index contributed by atoms with van der Waals surface area (Å²) in [6.45, 7) is 18.6. The first-order chi connectivity index (χ1) is 30.6. The van der Waals surface area contributed by atoms with Gasteiger partial charge in [0.05, 0.1) is 0 Å². The monoisotopic (exact) mass is 828 g/mol. The summed E-state index contributed by atoms with van der Waals surface area (Å²) in [7, 11) is 0. The van der Waals surface area contributed by atoms with Gasteiger partial charge in [-0.3, -0.25) is 9.98 Å². The van der Waals surface area contributed by atoms with Gasteiger partial charge in [0, 0.05) is 24.2 Å². The molecule has 1 N–H and O–H groups in total. The highest BCUT2D eigenvalue weighted by Crippen LogP contribution is 2.40. The lowest BCUT2D eigenvalue weighted by Gasteiger charge is -2.30. The number of benzene rings is 1. The summed E-state index contributed by atoms with van der Waals surface area (Å²) < 4.78 is 0. The highest BCUT2D eigenvalue weighted by Gasteiger charge is 2.32. The smallest absolute Gasteiger partial charge is 0.108 e. The largest absolute Gasteiger partial charge is 0.385 e. The van der Waals surface area contributed by atoms with Crippen LogP contribution in [0.3, 0.4) is 0 Å². The molecule has 0 spiro atoms. The zero-order valence-electron chi connectivity index (χ0n) is 38.4. The normalized spacial score (nSPS) is 18.5. The number of hydrogen-bond donors (Lipinski definition) is 1. The molecule has 0 aromatic heterocycles. The maximum absolute atomic E-state index is 5.52. The lowest BCUT2D eigenvalue weighted by Crippen LogP contribution is -2.24. The summed E-state index contributed by atoms with van der Waals surface area (Å²) in [5.41, 5.74) is 13.2. The fraction of sp³-hybridized carbons (Fsp3) is 0.200.